The molecule has 0 unspecified atom stereocenters. The first-order chi connectivity index (χ1) is 20.4. The Labute approximate surface area is 244 Å². The third-order valence-electron chi connectivity index (χ3n) is 7.08. The molecule has 0 fully saturated rings. The number of aliphatic imine (C=N–C) groups is 1. The quantitative estimate of drug-likeness (QED) is 0.121. The molecule has 11 heteroatoms. The van der Waals surface area contributed by atoms with E-state index in [4.69, 9.17) is 34.6 Å². The van der Waals surface area contributed by atoms with E-state index in [9.17, 15) is 4.79 Å². The third-order valence-corrected chi connectivity index (χ3v) is 7.08. The number of nitrogens with zero attached hydrogens (tertiary/aromatic N) is 4. The first-order valence-electron chi connectivity index (χ1n) is 13.7. The molecule has 0 radical (unpaired) electrons. The van der Waals surface area contributed by atoms with Gasteiger partial charge in [-0.05, 0) is 66.4 Å². The normalized spacial score (nSPS) is 17.4. The highest BCUT2D eigenvalue weighted by Gasteiger charge is 2.50. The lowest BCUT2D eigenvalue weighted by Crippen LogP contribution is -2.52. The van der Waals surface area contributed by atoms with Crippen molar-refractivity contribution in [1.82, 2.24) is 5.32 Å². The van der Waals surface area contributed by atoms with Crippen LogP contribution in [0.1, 0.15) is 30.0 Å². The van der Waals surface area contributed by atoms with Crippen LogP contribution in [0.4, 0.5) is 5.69 Å². The number of carbonyl (C=O) groups excluding carboxylic acids is 1. The van der Waals surface area contributed by atoms with E-state index in [0.29, 0.717) is 66.0 Å². The summed E-state index contributed by atoms with van der Waals surface area (Å²) in [5.74, 6) is 1.93. The number of hydrogen-bond acceptors (Lipinski definition) is 8. The first-order valence-corrected chi connectivity index (χ1v) is 13.7. The Hall–Kier alpha value is -4.73. The van der Waals surface area contributed by atoms with E-state index >= 15 is 0 Å². The van der Waals surface area contributed by atoms with E-state index in [0.717, 1.165) is 5.56 Å². The number of nitrogens with one attached hydrogen (secondary N) is 1. The lowest BCUT2D eigenvalue weighted by atomic mass is 9.85. The minimum atomic E-state index is -1.32. The fourth-order valence-electron chi connectivity index (χ4n) is 4.75. The second-order valence-electron chi connectivity index (χ2n) is 9.74. The number of aliphatic hydroxyl groups is 1. The van der Waals surface area contributed by atoms with Gasteiger partial charge in [-0.2, -0.15) is 0 Å². The maximum absolute atomic E-state index is 14.0. The van der Waals surface area contributed by atoms with Crippen molar-refractivity contribution in [3.8, 4) is 17.2 Å². The highest BCUT2D eigenvalue weighted by atomic mass is 16.5. The van der Waals surface area contributed by atoms with E-state index in [1.54, 1.807) is 38.5 Å². The summed E-state index contributed by atoms with van der Waals surface area (Å²) in [5, 5.41) is 15.8. The van der Waals surface area contributed by atoms with Gasteiger partial charge in [-0.1, -0.05) is 35.4 Å². The Bertz CT molecular complexity index is 1450. The number of aliphatic hydroxyl groups excluding tert-OH is 1. The predicted molar refractivity (Wildman–Crippen MR) is 159 cm³/mol. The average Bonchev–Trinajstić information content (AvgIpc) is 3.35. The largest absolute Gasteiger partial charge is 0.494 e. The molecule has 0 aromatic heterocycles. The third kappa shape index (κ3) is 6.94. The van der Waals surface area contributed by atoms with E-state index in [1.165, 1.54) is 0 Å². The molecule has 0 saturated carbocycles. The molecular weight excluding hydrogens is 538 g/mol. The Balaban J connectivity index is 1.60. The molecule has 0 saturated heterocycles. The van der Waals surface area contributed by atoms with Crippen LogP contribution in [0.2, 0.25) is 0 Å². The highest BCUT2D eigenvalue weighted by Crippen LogP contribution is 2.35. The van der Waals surface area contributed by atoms with Gasteiger partial charge in [-0.25, -0.2) is 4.99 Å². The van der Waals surface area contributed by atoms with Gasteiger partial charge in [0.1, 0.15) is 11.9 Å². The van der Waals surface area contributed by atoms with Crippen LogP contribution >= 0.6 is 0 Å². The Morgan fingerprint density at radius 3 is 2.60 bits per heavy atom. The van der Waals surface area contributed by atoms with Crippen molar-refractivity contribution < 1.29 is 28.8 Å². The van der Waals surface area contributed by atoms with Crippen molar-refractivity contribution in [2.24, 2.45) is 10.1 Å². The molecular formula is C31H35N5O6. The summed E-state index contributed by atoms with van der Waals surface area (Å²) >= 11 is 0. The fraction of sp³-hybridized carbons (Fsp3) is 0.355. The van der Waals surface area contributed by atoms with Crippen LogP contribution in [0.3, 0.4) is 0 Å². The molecule has 1 amide bonds. The van der Waals surface area contributed by atoms with E-state index in [1.807, 2.05) is 49.4 Å². The lowest BCUT2D eigenvalue weighted by Gasteiger charge is -2.28. The van der Waals surface area contributed by atoms with E-state index in [2.05, 4.69) is 15.3 Å². The summed E-state index contributed by atoms with van der Waals surface area (Å²) in [5.41, 5.74) is 10.5. The van der Waals surface area contributed by atoms with Crippen LogP contribution in [-0.4, -0.2) is 62.5 Å². The molecule has 3 aromatic rings. The molecule has 2 atom stereocenters. The SMILES string of the molecule is COc1ccc(CCNC(=O)[C@]2(Cc3ccccc3N=[N+]=[N-])N=C(c3ccc(OCCCO)cc3)O[C@@H]2C)cc1OC. The highest BCUT2D eigenvalue weighted by molar-refractivity contribution is 6.01. The Kier molecular flexibility index (Phi) is 10.3. The molecule has 0 aliphatic carbocycles. The van der Waals surface area contributed by atoms with Crippen LogP contribution < -0.4 is 19.5 Å². The van der Waals surface area contributed by atoms with Crippen LogP contribution in [-0.2, 0) is 22.4 Å². The molecule has 220 valence electrons. The zero-order chi connectivity index (χ0) is 30.0. The van der Waals surface area contributed by atoms with Crippen LogP contribution in [0.25, 0.3) is 10.4 Å². The van der Waals surface area contributed by atoms with Gasteiger partial charge >= 0.3 is 0 Å². The van der Waals surface area contributed by atoms with Crippen molar-refractivity contribution in [1.29, 1.82) is 0 Å². The van der Waals surface area contributed by atoms with Crippen LogP contribution in [0, 0.1) is 0 Å². The standard InChI is InChI=1S/C31H35N5O6/c1-21-31(20-24-7-4-5-8-26(24)35-36-32,30(38)33-16-15-22-9-14-27(39-2)28(19-22)40-3)34-29(42-21)23-10-12-25(13-11-23)41-18-6-17-37/h4-5,7-14,19,21,37H,6,15-18,20H2,1-3H3,(H,33,38)/t21-,31-/m1/s1. The maximum Gasteiger partial charge on any atom is 0.252 e. The van der Waals surface area contributed by atoms with Gasteiger partial charge in [0.05, 0.1) is 20.8 Å². The number of hydrogen-bond donors (Lipinski definition) is 2. The number of azide groups is 1. The fourth-order valence-corrected chi connectivity index (χ4v) is 4.75. The van der Waals surface area contributed by atoms with Crippen molar-refractivity contribution in [3.05, 3.63) is 93.9 Å². The van der Waals surface area contributed by atoms with E-state index in [-0.39, 0.29) is 18.9 Å². The zero-order valence-corrected chi connectivity index (χ0v) is 23.9. The van der Waals surface area contributed by atoms with Gasteiger partial charge in [0.2, 0.25) is 5.90 Å². The number of rotatable bonds is 14. The topological polar surface area (TPSA) is 147 Å². The number of benzene rings is 3. The molecule has 3 aromatic carbocycles. The number of methoxy groups -OCH3 is 2. The lowest BCUT2D eigenvalue weighted by molar-refractivity contribution is -0.128. The molecule has 42 heavy (non-hydrogen) atoms. The molecule has 1 aliphatic rings. The predicted octanol–water partition coefficient (Wildman–Crippen LogP) is 4.91. The van der Waals surface area contributed by atoms with Gasteiger partial charge in [-0.3, -0.25) is 4.79 Å². The summed E-state index contributed by atoms with van der Waals surface area (Å²) in [6.45, 7) is 2.63. The van der Waals surface area contributed by atoms with Crippen molar-refractivity contribution >= 4 is 17.5 Å². The minimum Gasteiger partial charge on any atom is -0.494 e. The van der Waals surface area contributed by atoms with Gasteiger partial charge < -0.3 is 29.4 Å². The minimum absolute atomic E-state index is 0.0574. The van der Waals surface area contributed by atoms with Crippen molar-refractivity contribution in [3.63, 3.8) is 0 Å². The number of ether oxygens (including phenoxy) is 4. The van der Waals surface area contributed by atoms with Gasteiger partial charge in [0.15, 0.2) is 17.0 Å². The average molecular weight is 574 g/mol. The van der Waals surface area contributed by atoms with Crippen LogP contribution in [0.5, 0.6) is 17.2 Å². The summed E-state index contributed by atoms with van der Waals surface area (Å²) in [4.78, 5) is 21.8. The van der Waals surface area contributed by atoms with Gasteiger partial charge in [0.25, 0.3) is 5.91 Å². The molecule has 0 bridgehead atoms. The molecule has 11 nitrogen and oxygen atoms in total. The monoisotopic (exact) mass is 573 g/mol. The van der Waals surface area contributed by atoms with Gasteiger partial charge in [-0.15, -0.1) is 0 Å². The summed E-state index contributed by atoms with van der Waals surface area (Å²) in [6, 6.07) is 20.0. The Morgan fingerprint density at radius 1 is 1.12 bits per heavy atom. The molecule has 2 N–H and O–H groups in total. The number of amides is 1. The van der Waals surface area contributed by atoms with Crippen LogP contribution in [0.15, 0.2) is 76.8 Å². The second-order valence-corrected chi connectivity index (χ2v) is 9.74. The summed E-state index contributed by atoms with van der Waals surface area (Å²) in [7, 11) is 3.16. The molecule has 1 aliphatic heterocycles. The van der Waals surface area contributed by atoms with Crippen molar-refractivity contribution in [2.75, 3.05) is 34.0 Å². The summed E-state index contributed by atoms with van der Waals surface area (Å²) < 4.78 is 22.5. The maximum atomic E-state index is 14.0. The Morgan fingerprint density at radius 2 is 1.88 bits per heavy atom. The molecule has 0 spiro atoms. The first kappa shape index (κ1) is 30.2. The zero-order valence-electron chi connectivity index (χ0n) is 23.9. The summed E-state index contributed by atoms with van der Waals surface area (Å²) in [6.07, 6.45) is 0.641. The van der Waals surface area contributed by atoms with E-state index < -0.39 is 11.6 Å². The van der Waals surface area contributed by atoms with Crippen molar-refractivity contribution in [2.45, 2.75) is 37.8 Å². The number of carbonyl (C=O) groups is 1. The van der Waals surface area contributed by atoms with Gasteiger partial charge in [0, 0.05) is 42.2 Å². The smallest absolute Gasteiger partial charge is 0.252 e. The molecule has 4 rings (SSSR count). The second kappa shape index (κ2) is 14.2. The molecule has 1 heterocycles.